The average Bonchev–Trinajstić information content (AvgIpc) is 2.38. The van der Waals surface area contributed by atoms with Crippen molar-refractivity contribution in [1.82, 2.24) is 0 Å². The normalized spacial score (nSPS) is 14.8. The molecule has 3 heteroatoms. The fourth-order valence-electron chi connectivity index (χ4n) is 1.94. The third-order valence-corrected chi connectivity index (χ3v) is 5.08. The second-order valence-corrected chi connectivity index (χ2v) is 12.2. The number of rotatable bonds is 9. The van der Waals surface area contributed by atoms with Crippen molar-refractivity contribution in [2.24, 2.45) is 0 Å². The molecule has 1 unspecified atom stereocenters. The molecule has 0 aliphatic heterocycles. The summed E-state index contributed by atoms with van der Waals surface area (Å²) in [6.07, 6.45) is 2.67. The van der Waals surface area contributed by atoms with Gasteiger partial charge in [0.15, 0.2) is 0 Å². The van der Waals surface area contributed by atoms with Crippen LogP contribution in [0.3, 0.4) is 0 Å². The minimum absolute atomic E-state index is 0.337. The zero-order valence-corrected chi connectivity index (χ0v) is 14.3. The number of hydrogen-bond donors (Lipinski definition) is 0. The molecule has 0 N–H and O–H groups in total. The smallest absolute Gasteiger partial charge is 0.147 e. The molecule has 1 aromatic carbocycles. The predicted molar refractivity (Wildman–Crippen MR) is 88.7 cm³/mol. The maximum absolute atomic E-state index is 5.99. The van der Waals surface area contributed by atoms with Gasteiger partial charge in [-0.15, -0.1) is 6.58 Å². The first-order valence-corrected chi connectivity index (χ1v) is 11.0. The van der Waals surface area contributed by atoms with Crippen LogP contribution in [0.25, 0.3) is 0 Å². The highest BCUT2D eigenvalue weighted by atomic mass is 28.3. The van der Waals surface area contributed by atoms with E-state index in [1.54, 1.807) is 0 Å². The average molecular weight is 292 g/mol. The van der Waals surface area contributed by atoms with Gasteiger partial charge < -0.3 is 9.47 Å². The van der Waals surface area contributed by atoms with Crippen molar-refractivity contribution >= 4 is 8.07 Å². The van der Waals surface area contributed by atoms with Gasteiger partial charge in [0, 0.05) is 14.7 Å². The molecule has 0 radical (unpaired) electrons. The lowest BCUT2D eigenvalue weighted by molar-refractivity contribution is -0.136. The van der Waals surface area contributed by atoms with E-state index in [4.69, 9.17) is 9.47 Å². The van der Waals surface area contributed by atoms with Crippen LogP contribution in [0.5, 0.6) is 0 Å². The lowest BCUT2D eigenvalue weighted by Gasteiger charge is -2.29. The van der Waals surface area contributed by atoms with Gasteiger partial charge in [-0.1, -0.05) is 56.0 Å². The Morgan fingerprint density at radius 2 is 1.85 bits per heavy atom. The highest BCUT2D eigenvalue weighted by Gasteiger charge is 2.26. The molecule has 20 heavy (non-hydrogen) atoms. The van der Waals surface area contributed by atoms with E-state index in [2.05, 4.69) is 45.3 Å². The molecule has 0 saturated carbocycles. The van der Waals surface area contributed by atoms with Gasteiger partial charge in [-0.25, -0.2) is 0 Å². The second-order valence-electron chi connectivity index (χ2n) is 6.57. The number of ether oxygens (including phenoxy) is 2. The SMILES string of the molecule is C=CCC(C)(OCOCC[Si](C)(C)C)c1ccccc1. The Balaban J connectivity index is 2.49. The van der Waals surface area contributed by atoms with Gasteiger partial charge in [0.25, 0.3) is 0 Å². The first-order chi connectivity index (χ1) is 9.37. The second kappa shape index (κ2) is 7.77. The first-order valence-electron chi connectivity index (χ1n) is 7.25. The quantitative estimate of drug-likeness (QED) is 0.281. The van der Waals surface area contributed by atoms with Crippen LogP contribution < -0.4 is 0 Å². The summed E-state index contributed by atoms with van der Waals surface area (Å²) >= 11 is 0. The van der Waals surface area contributed by atoms with Crippen molar-refractivity contribution in [3.8, 4) is 0 Å². The predicted octanol–water partition coefficient (Wildman–Crippen LogP) is 4.81. The number of hydrogen-bond acceptors (Lipinski definition) is 2. The van der Waals surface area contributed by atoms with Crippen molar-refractivity contribution in [2.45, 2.75) is 44.6 Å². The van der Waals surface area contributed by atoms with Crippen molar-refractivity contribution < 1.29 is 9.47 Å². The van der Waals surface area contributed by atoms with E-state index in [-0.39, 0.29) is 5.60 Å². The molecule has 0 bridgehead atoms. The van der Waals surface area contributed by atoms with Crippen LogP contribution in [-0.4, -0.2) is 21.5 Å². The number of benzene rings is 1. The Hall–Kier alpha value is -0.903. The summed E-state index contributed by atoms with van der Waals surface area (Å²) in [7, 11) is -1.03. The van der Waals surface area contributed by atoms with E-state index in [1.807, 2.05) is 24.3 Å². The van der Waals surface area contributed by atoms with Gasteiger partial charge in [0.2, 0.25) is 0 Å². The standard InChI is InChI=1S/C17H28O2Si/c1-6-12-17(2,16-10-8-7-9-11-16)19-15-18-13-14-20(3,4)5/h6-11H,1,12-15H2,2-5H3. The van der Waals surface area contributed by atoms with E-state index >= 15 is 0 Å². The van der Waals surface area contributed by atoms with Crippen molar-refractivity contribution in [2.75, 3.05) is 13.4 Å². The molecule has 0 aliphatic carbocycles. The molecule has 0 aliphatic rings. The fraction of sp³-hybridized carbons (Fsp3) is 0.529. The van der Waals surface area contributed by atoms with Crippen molar-refractivity contribution in [1.29, 1.82) is 0 Å². The molecule has 1 aromatic rings. The van der Waals surface area contributed by atoms with Gasteiger partial charge in [0.1, 0.15) is 6.79 Å². The Morgan fingerprint density at radius 3 is 2.40 bits per heavy atom. The van der Waals surface area contributed by atoms with Crippen LogP contribution >= 0.6 is 0 Å². The zero-order valence-electron chi connectivity index (χ0n) is 13.3. The molecule has 112 valence electrons. The van der Waals surface area contributed by atoms with Crippen LogP contribution in [0.2, 0.25) is 25.7 Å². The summed E-state index contributed by atoms with van der Waals surface area (Å²) in [5.41, 5.74) is 0.802. The van der Waals surface area contributed by atoms with Crippen LogP contribution in [-0.2, 0) is 15.1 Å². The molecule has 1 rings (SSSR count). The minimum atomic E-state index is -1.03. The van der Waals surface area contributed by atoms with Crippen molar-refractivity contribution in [3.05, 3.63) is 48.6 Å². The van der Waals surface area contributed by atoms with Crippen LogP contribution in [0.15, 0.2) is 43.0 Å². The van der Waals surface area contributed by atoms with E-state index in [0.29, 0.717) is 6.79 Å². The van der Waals surface area contributed by atoms with Crippen LogP contribution in [0.1, 0.15) is 18.9 Å². The zero-order chi connectivity index (χ0) is 15.1. The highest BCUT2D eigenvalue weighted by Crippen LogP contribution is 2.29. The molecule has 2 nitrogen and oxygen atoms in total. The highest BCUT2D eigenvalue weighted by molar-refractivity contribution is 6.76. The maximum Gasteiger partial charge on any atom is 0.147 e. The summed E-state index contributed by atoms with van der Waals surface area (Å²) in [4.78, 5) is 0. The third kappa shape index (κ3) is 6.03. The van der Waals surface area contributed by atoms with Crippen LogP contribution in [0.4, 0.5) is 0 Å². The minimum Gasteiger partial charge on any atom is -0.356 e. The first kappa shape index (κ1) is 17.1. The lowest BCUT2D eigenvalue weighted by atomic mass is 9.92. The largest absolute Gasteiger partial charge is 0.356 e. The van der Waals surface area contributed by atoms with E-state index in [1.165, 1.54) is 6.04 Å². The van der Waals surface area contributed by atoms with Crippen LogP contribution in [0, 0.1) is 0 Å². The Bertz CT molecular complexity index is 397. The van der Waals surface area contributed by atoms with Crippen molar-refractivity contribution in [3.63, 3.8) is 0 Å². The topological polar surface area (TPSA) is 18.5 Å². The summed E-state index contributed by atoms with van der Waals surface area (Å²) in [5, 5.41) is 0. The van der Waals surface area contributed by atoms with Gasteiger partial charge in [-0.2, -0.15) is 0 Å². The summed E-state index contributed by atoms with van der Waals surface area (Å²) < 4.78 is 11.6. The summed E-state index contributed by atoms with van der Waals surface area (Å²) in [5.74, 6) is 0. The lowest BCUT2D eigenvalue weighted by Crippen LogP contribution is -2.27. The monoisotopic (exact) mass is 292 g/mol. The molecule has 0 amide bonds. The van der Waals surface area contributed by atoms with Gasteiger partial charge >= 0.3 is 0 Å². The Morgan fingerprint density at radius 1 is 1.20 bits per heavy atom. The Kier molecular flexibility index (Phi) is 6.66. The van der Waals surface area contributed by atoms with E-state index < -0.39 is 8.07 Å². The summed E-state index contributed by atoms with van der Waals surface area (Å²) in [6.45, 7) is 14.1. The van der Waals surface area contributed by atoms with Gasteiger partial charge in [-0.05, 0) is 25.0 Å². The molecule has 1 atom stereocenters. The molecule has 0 heterocycles. The molecule has 0 spiro atoms. The molecular formula is C17H28O2Si. The van der Waals surface area contributed by atoms with E-state index in [9.17, 15) is 0 Å². The summed E-state index contributed by atoms with van der Waals surface area (Å²) in [6, 6.07) is 11.4. The molecule has 0 fully saturated rings. The third-order valence-electron chi connectivity index (χ3n) is 3.38. The molecular weight excluding hydrogens is 264 g/mol. The van der Waals surface area contributed by atoms with E-state index in [0.717, 1.165) is 18.6 Å². The fourth-order valence-corrected chi connectivity index (χ4v) is 2.69. The van der Waals surface area contributed by atoms with Gasteiger partial charge in [-0.3, -0.25) is 0 Å². The maximum atomic E-state index is 5.99. The molecule has 0 saturated heterocycles. The Labute approximate surface area is 124 Å². The molecule has 0 aromatic heterocycles. The van der Waals surface area contributed by atoms with Gasteiger partial charge in [0.05, 0.1) is 5.60 Å².